The first-order valence-electron chi connectivity index (χ1n) is 8.03. The number of guanidine groups is 1. The molecule has 0 aliphatic carbocycles. The van der Waals surface area contributed by atoms with Crippen molar-refractivity contribution in [2.24, 2.45) is 10.7 Å². The number of hydrogen-bond donors (Lipinski definition) is 2. The summed E-state index contributed by atoms with van der Waals surface area (Å²) >= 11 is 0. The zero-order valence-corrected chi connectivity index (χ0v) is 17.9. The molecule has 0 saturated carbocycles. The van der Waals surface area contributed by atoms with Crippen LogP contribution in [0.4, 0.5) is 5.69 Å². The third kappa shape index (κ3) is 5.98. The van der Waals surface area contributed by atoms with Crippen LogP contribution < -0.4 is 25.3 Å². The summed E-state index contributed by atoms with van der Waals surface area (Å²) in [6.07, 6.45) is 0. The Morgan fingerprint density at radius 3 is 2.31 bits per heavy atom. The lowest BCUT2D eigenvalue weighted by Gasteiger charge is -2.12. The smallest absolute Gasteiger partial charge is 0.193 e. The predicted octanol–water partition coefficient (Wildman–Crippen LogP) is 3.74. The molecule has 0 amide bonds. The first kappa shape index (κ1) is 21.9. The number of nitrogens with zero attached hydrogens (tertiary/aromatic N) is 1. The largest absolute Gasteiger partial charge is 0.493 e. The van der Waals surface area contributed by atoms with Crippen molar-refractivity contribution in [1.82, 2.24) is 0 Å². The molecule has 0 aliphatic rings. The lowest BCUT2D eigenvalue weighted by atomic mass is 10.1. The van der Waals surface area contributed by atoms with Crippen LogP contribution in [0.5, 0.6) is 17.2 Å². The number of aryl methyl sites for hydroxylation is 2. The maximum atomic E-state index is 5.92. The monoisotopic (exact) mass is 471 g/mol. The number of anilines is 1. The van der Waals surface area contributed by atoms with Crippen molar-refractivity contribution >= 4 is 35.6 Å². The SMILES string of the molecule is COc1ccc(NC(N)=NCCOc2c(C)cccc2C)cc1OC.I. The van der Waals surface area contributed by atoms with E-state index in [1.54, 1.807) is 26.4 Å². The Morgan fingerprint density at radius 1 is 1.04 bits per heavy atom. The van der Waals surface area contributed by atoms with Crippen molar-refractivity contribution in [1.29, 1.82) is 0 Å². The summed E-state index contributed by atoms with van der Waals surface area (Å²) in [7, 11) is 3.18. The Hall–Kier alpha value is -2.16. The topological polar surface area (TPSA) is 78.1 Å². The Labute approximate surface area is 171 Å². The highest BCUT2D eigenvalue weighted by Gasteiger charge is 2.05. The summed E-state index contributed by atoms with van der Waals surface area (Å²) < 4.78 is 16.3. The van der Waals surface area contributed by atoms with E-state index in [4.69, 9.17) is 19.9 Å². The summed E-state index contributed by atoms with van der Waals surface area (Å²) in [5, 5.41) is 3.03. The molecule has 0 aliphatic heterocycles. The average molecular weight is 471 g/mol. The summed E-state index contributed by atoms with van der Waals surface area (Å²) in [6, 6.07) is 11.5. The standard InChI is InChI=1S/C19H25N3O3.HI/c1-13-6-5-7-14(2)18(13)25-11-10-21-19(20)22-15-8-9-16(23-3)17(12-15)24-4;/h5-9,12H,10-11H2,1-4H3,(H3,20,21,22);1H. The molecule has 0 unspecified atom stereocenters. The highest BCUT2D eigenvalue weighted by Crippen LogP contribution is 2.29. The van der Waals surface area contributed by atoms with Crippen LogP contribution in [0.3, 0.4) is 0 Å². The molecular weight excluding hydrogens is 445 g/mol. The number of benzene rings is 2. The van der Waals surface area contributed by atoms with E-state index >= 15 is 0 Å². The fraction of sp³-hybridized carbons (Fsp3) is 0.316. The number of rotatable bonds is 7. The summed E-state index contributed by atoms with van der Waals surface area (Å²) in [5.74, 6) is 2.51. The van der Waals surface area contributed by atoms with Crippen molar-refractivity contribution in [2.45, 2.75) is 13.8 Å². The Bertz CT molecular complexity index is 731. The summed E-state index contributed by atoms with van der Waals surface area (Å²) in [4.78, 5) is 4.28. The van der Waals surface area contributed by atoms with E-state index in [2.05, 4.69) is 10.3 Å². The summed E-state index contributed by atoms with van der Waals surface area (Å²) in [5.41, 5.74) is 8.91. The van der Waals surface area contributed by atoms with Crippen LogP contribution in [0, 0.1) is 13.8 Å². The molecule has 0 aromatic heterocycles. The van der Waals surface area contributed by atoms with Gasteiger partial charge in [0.2, 0.25) is 0 Å². The third-order valence-electron chi connectivity index (χ3n) is 3.68. The van der Waals surface area contributed by atoms with E-state index in [9.17, 15) is 0 Å². The fourth-order valence-electron chi connectivity index (χ4n) is 2.44. The quantitative estimate of drug-likeness (QED) is 0.279. The maximum Gasteiger partial charge on any atom is 0.193 e. The van der Waals surface area contributed by atoms with Crippen LogP contribution in [0.2, 0.25) is 0 Å². The molecule has 2 aromatic rings. The molecule has 3 N–H and O–H groups in total. The molecule has 0 radical (unpaired) electrons. The van der Waals surface area contributed by atoms with E-state index in [0.717, 1.165) is 22.6 Å². The van der Waals surface area contributed by atoms with E-state index in [0.29, 0.717) is 30.6 Å². The molecule has 0 atom stereocenters. The lowest BCUT2D eigenvalue weighted by molar-refractivity contribution is 0.324. The molecule has 26 heavy (non-hydrogen) atoms. The van der Waals surface area contributed by atoms with Gasteiger partial charge >= 0.3 is 0 Å². The second kappa shape index (κ2) is 10.7. The van der Waals surface area contributed by atoms with Crippen LogP contribution in [0.1, 0.15) is 11.1 Å². The number of ether oxygens (including phenoxy) is 3. The van der Waals surface area contributed by atoms with Gasteiger partial charge in [-0.05, 0) is 37.1 Å². The Balaban J connectivity index is 0.00000338. The second-order valence-corrected chi connectivity index (χ2v) is 5.53. The third-order valence-corrected chi connectivity index (χ3v) is 3.68. The van der Waals surface area contributed by atoms with Crippen molar-refractivity contribution in [2.75, 3.05) is 32.7 Å². The first-order valence-corrected chi connectivity index (χ1v) is 8.03. The van der Waals surface area contributed by atoms with Gasteiger partial charge in [-0.2, -0.15) is 0 Å². The van der Waals surface area contributed by atoms with Crippen molar-refractivity contribution in [3.8, 4) is 17.2 Å². The van der Waals surface area contributed by atoms with Gasteiger partial charge in [0.1, 0.15) is 12.4 Å². The van der Waals surface area contributed by atoms with E-state index in [1.807, 2.05) is 38.1 Å². The molecule has 0 fully saturated rings. The van der Waals surface area contributed by atoms with Gasteiger partial charge in [0.25, 0.3) is 0 Å². The highest BCUT2D eigenvalue weighted by molar-refractivity contribution is 14.0. The number of hydrogen-bond acceptors (Lipinski definition) is 4. The Kier molecular flexibility index (Phi) is 9.04. The number of nitrogens with two attached hydrogens (primary N) is 1. The molecule has 0 saturated heterocycles. The zero-order chi connectivity index (χ0) is 18.2. The van der Waals surface area contributed by atoms with Crippen molar-refractivity contribution in [3.05, 3.63) is 47.5 Å². The molecule has 2 aromatic carbocycles. The predicted molar refractivity (Wildman–Crippen MR) is 116 cm³/mol. The van der Waals surface area contributed by atoms with Crippen LogP contribution in [0.25, 0.3) is 0 Å². The molecule has 7 heteroatoms. The van der Waals surface area contributed by atoms with Crippen LogP contribution in [-0.4, -0.2) is 33.3 Å². The van der Waals surface area contributed by atoms with Crippen molar-refractivity contribution < 1.29 is 14.2 Å². The van der Waals surface area contributed by atoms with E-state index in [1.165, 1.54) is 0 Å². The van der Waals surface area contributed by atoms with Gasteiger partial charge in [-0.1, -0.05) is 18.2 Å². The second-order valence-electron chi connectivity index (χ2n) is 5.53. The summed E-state index contributed by atoms with van der Waals surface area (Å²) in [6.45, 7) is 4.97. The normalized spacial score (nSPS) is 10.7. The molecule has 142 valence electrons. The number of halogens is 1. The Morgan fingerprint density at radius 2 is 1.69 bits per heavy atom. The van der Waals surface area contributed by atoms with Gasteiger partial charge in [-0.25, -0.2) is 4.99 Å². The van der Waals surface area contributed by atoms with Gasteiger partial charge in [-0.3, -0.25) is 0 Å². The van der Waals surface area contributed by atoms with E-state index in [-0.39, 0.29) is 24.0 Å². The molecule has 0 heterocycles. The number of methoxy groups -OCH3 is 2. The number of para-hydroxylation sites is 1. The van der Waals surface area contributed by atoms with Crippen molar-refractivity contribution in [3.63, 3.8) is 0 Å². The van der Waals surface area contributed by atoms with Gasteiger partial charge in [0.15, 0.2) is 17.5 Å². The van der Waals surface area contributed by atoms with E-state index < -0.39 is 0 Å². The average Bonchev–Trinajstić information content (AvgIpc) is 2.60. The lowest BCUT2D eigenvalue weighted by Crippen LogP contribution is -2.23. The maximum absolute atomic E-state index is 5.92. The fourth-order valence-corrected chi connectivity index (χ4v) is 2.44. The van der Waals surface area contributed by atoms with Crippen LogP contribution in [-0.2, 0) is 0 Å². The van der Waals surface area contributed by atoms with Gasteiger partial charge in [0, 0.05) is 11.8 Å². The zero-order valence-electron chi connectivity index (χ0n) is 15.5. The van der Waals surface area contributed by atoms with Gasteiger partial charge in [0.05, 0.1) is 20.8 Å². The molecule has 2 rings (SSSR count). The van der Waals surface area contributed by atoms with Gasteiger partial charge < -0.3 is 25.3 Å². The molecular formula is C19H26IN3O3. The molecule has 6 nitrogen and oxygen atoms in total. The van der Waals surface area contributed by atoms with Gasteiger partial charge in [-0.15, -0.1) is 24.0 Å². The minimum atomic E-state index is 0. The first-order chi connectivity index (χ1) is 12.0. The number of aliphatic imine (C=N–C) groups is 1. The highest BCUT2D eigenvalue weighted by atomic mass is 127. The minimum absolute atomic E-state index is 0. The molecule has 0 spiro atoms. The number of nitrogens with one attached hydrogen (secondary N) is 1. The molecule has 0 bridgehead atoms. The van der Waals surface area contributed by atoms with Crippen LogP contribution in [0.15, 0.2) is 41.4 Å². The van der Waals surface area contributed by atoms with Crippen LogP contribution >= 0.6 is 24.0 Å². The minimum Gasteiger partial charge on any atom is -0.493 e.